The lowest BCUT2D eigenvalue weighted by Crippen LogP contribution is -2.28. The van der Waals surface area contributed by atoms with Crippen molar-refractivity contribution in [1.82, 2.24) is 9.55 Å². The number of thiophene rings is 2. The van der Waals surface area contributed by atoms with Crippen molar-refractivity contribution in [2.45, 2.75) is 40.2 Å². The van der Waals surface area contributed by atoms with Crippen molar-refractivity contribution in [3.63, 3.8) is 0 Å². The van der Waals surface area contributed by atoms with E-state index in [1.165, 1.54) is 11.3 Å². The fourth-order valence-corrected chi connectivity index (χ4v) is 5.18. The van der Waals surface area contributed by atoms with Crippen LogP contribution in [0, 0.1) is 13.8 Å². The second kappa shape index (κ2) is 8.05. The number of ketones is 1. The quantitative estimate of drug-likeness (QED) is 0.378. The number of carbonyl (C=O) groups is 1. The lowest BCUT2D eigenvalue weighted by atomic mass is 10.0. The summed E-state index contributed by atoms with van der Waals surface area (Å²) in [6.45, 7) is 6.08. The van der Waals surface area contributed by atoms with E-state index in [4.69, 9.17) is 4.98 Å². The summed E-state index contributed by atoms with van der Waals surface area (Å²) in [6, 6.07) is 9.67. The van der Waals surface area contributed by atoms with Crippen LogP contribution < -0.4 is 5.56 Å². The first-order chi connectivity index (χ1) is 14.0. The molecule has 0 aliphatic heterocycles. The Labute approximate surface area is 177 Å². The number of fused-ring (bicyclic) bond motifs is 1. The number of rotatable bonds is 6. The number of Topliss-reactive ketones (excluding diaryl/α,β-unsaturated/α-hetero) is 1. The summed E-state index contributed by atoms with van der Waals surface area (Å²) in [5.74, 6) is 0.614. The van der Waals surface area contributed by atoms with Crippen LogP contribution in [-0.4, -0.2) is 15.3 Å². The zero-order valence-corrected chi connectivity index (χ0v) is 18.3. The number of nitrogens with zero attached hydrogens (tertiary/aromatic N) is 2. The maximum atomic E-state index is 13.5. The van der Waals surface area contributed by atoms with Crippen LogP contribution >= 0.6 is 22.7 Å². The standard InChI is InChI=1S/C23H22N2O2S2/c1-4-6-20-24-22-21(17(13-29-22)19-7-5-10-28-19)23(27)25(20)12-18(26)16-9-8-14(2)15(3)11-16/h5,7-11,13H,4,6,12H2,1-3H3. The molecule has 0 atom stereocenters. The smallest absolute Gasteiger partial charge is 0.263 e. The zero-order chi connectivity index (χ0) is 20.5. The van der Waals surface area contributed by atoms with E-state index in [1.54, 1.807) is 15.9 Å². The molecule has 1 aromatic carbocycles. The number of benzene rings is 1. The fraction of sp³-hybridized carbons (Fsp3) is 0.261. The number of hydrogen-bond acceptors (Lipinski definition) is 5. The van der Waals surface area contributed by atoms with Crippen LogP contribution in [0.5, 0.6) is 0 Å². The van der Waals surface area contributed by atoms with E-state index in [0.29, 0.717) is 23.2 Å². The van der Waals surface area contributed by atoms with Gasteiger partial charge in [-0.1, -0.05) is 25.1 Å². The minimum atomic E-state index is -0.125. The molecule has 0 aliphatic carbocycles. The van der Waals surface area contributed by atoms with Gasteiger partial charge < -0.3 is 0 Å². The summed E-state index contributed by atoms with van der Waals surface area (Å²) in [6.07, 6.45) is 1.52. The van der Waals surface area contributed by atoms with Crippen LogP contribution in [0.15, 0.2) is 45.9 Å². The van der Waals surface area contributed by atoms with E-state index >= 15 is 0 Å². The first-order valence-corrected chi connectivity index (χ1v) is 11.4. The largest absolute Gasteiger partial charge is 0.292 e. The van der Waals surface area contributed by atoms with Gasteiger partial charge >= 0.3 is 0 Å². The summed E-state index contributed by atoms with van der Waals surface area (Å²) in [5, 5.41) is 4.61. The molecule has 3 heterocycles. The van der Waals surface area contributed by atoms with Crippen LogP contribution in [0.1, 0.15) is 40.7 Å². The van der Waals surface area contributed by atoms with E-state index in [0.717, 1.165) is 32.8 Å². The molecule has 0 saturated heterocycles. The summed E-state index contributed by atoms with van der Waals surface area (Å²) in [7, 11) is 0. The Morgan fingerprint density at radius 3 is 2.66 bits per heavy atom. The predicted molar refractivity (Wildman–Crippen MR) is 121 cm³/mol. The highest BCUT2D eigenvalue weighted by molar-refractivity contribution is 7.18. The molecule has 6 heteroatoms. The molecule has 0 fully saturated rings. The molecule has 0 unspecified atom stereocenters. The average Bonchev–Trinajstić information content (AvgIpc) is 3.36. The third kappa shape index (κ3) is 3.70. The minimum Gasteiger partial charge on any atom is -0.292 e. The molecule has 0 aliphatic rings. The van der Waals surface area contributed by atoms with Gasteiger partial charge in [0.2, 0.25) is 0 Å². The van der Waals surface area contributed by atoms with E-state index in [-0.39, 0.29) is 17.9 Å². The fourth-order valence-electron chi connectivity index (χ4n) is 3.41. The van der Waals surface area contributed by atoms with Gasteiger partial charge in [0.25, 0.3) is 5.56 Å². The van der Waals surface area contributed by atoms with Crippen LogP contribution in [-0.2, 0) is 13.0 Å². The summed E-state index contributed by atoms with van der Waals surface area (Å²) >= 11 is 3.09. The van der Waals surface area contributed by atoms with Crippen molar-refractivity contribution in [2.24, 2.45) is 0 Å². The normalized spacial score (nSPS) is 11.3. The van der Waals surface area contributed by atoms with Crippen LogP contribution in [0.4, 0.5) is 0 Å². The Morgan fingerprint density at radius 1 is 1.14 bits per heavy atom. The van der Waals surface area contributed by atoms with Gasteiger partial charge in [0.1, 0.15) is 10.7 Å². The highest BCUT2D eigenvalue weighted by Crippen LogP contribution is 2.33. The van der Waals surface area contributed by atoms with E-state index < -0.39 is 0 Å². The maximum Gasteiger partial charge on any atom is 0.263 e. The summed E-state index contributed by atoms with van der Waals surface area (Å²) < 4.78 is 1.58. The molecule has 148 valence electrons. The van der Waals surface area contributed by atoms with Crippen molar-refractivity contribution in [1.29, 1.82) is 0 Å². The molecule has 4 rings (SSSR count). The molecule has 0 bridgehead atoms. The van der Waals surface area contributed by atoms with Crippen molar-refractivity contribution in [2.75, 3.05) is 0 Å². The first kappa shape index (κ1) is 19.7. The van der Waals surface area contributed by atoms with Crippen LogP contribution in [0.25, 0.3) is 20.7 Å². The molecule has 29 heavy (non-hydrogen) atoms. The first-order valence-electron chi connectivity index (χ1n) is 9.64. The van der Waals surface area contributed by atoms with Crippen LogP contribution in [0.2, 0.25) is 0 Å². The molecule has 0 saturated carbocycles. The van der Waals surface area contributed by atoms with Crippen molar-refractivity contribution in [3.05, 3.63) is 74.0 Å². The Morgan fingerprint density at radius 2 is 1.97 bits per heavy atom. The molecular formula is C23H22N2O2S2. The van der Waals surface area contributed by atoms with E-state index in [2.05, 4.69) is 6.92 Å². The molecule has 0 N–H and O–H groups in total. The summed E-state index contributed by atoms with van der Waals surface area (Å²) in [5.41, 5.74) is 3.63. The second-order valence-corrected chi connectivity index (χ2v) is 9.00. The molecular weight excluding hydrogens is 400 g/mol. The van der Waals surface area contributed by atoms with Gasteiger partial charge in [0.05, 0.1) is 11.9 Å². The topological polar surface area (TPSA) is 52.0 Å². The number of aryl methyl sites for hydroxylation is 3. The summed E-state index contributed by atoms with van der Waals surface area (Å²) in [4.78, 5) is 33.0. The number of aromatic nitrogens is 2. The van der Waals surface area contributed by atoms with E-state index in [1.807, 2.05) is 54.9 Å². The second-order valence-electron chi connectivity index (χ2n) is 7.20. The van der Waals surface area contributed by atoms with Crippen molar-refractivity contribution >= 4 is 38.7 Å². The Kier molecular flexibility index (Phi) is 5.48. The molecule has 0 amide bonds. The minimum absolute atomic E-state index is 0.0132. The SMILES string of the molecule is CCCc1nc2scc(-c3cccs3)c2c(=O)n1CC(=O)c1ccc(C)c(C)c1. The molecule has 4 aromatic rings. The lowest BCUT2D eigenvalue weighted by Gasteiger charge is -2.12. The monoisotopic (exact) mass is 422 g/mol. The number of hydrogen-bond donors (Lipinski definition) is 0. The van der Waals surface area contributed by atoms with Gasteiger partial charge in [-0.3, -0.25) is 14.2 Å². The average molecular weight is 423 g/mol. The Bertz CT molecular complexity index is 1250. The zero-order valence-electron chi connectivity index (χ0n) is 16.7. The van der Waals surface area contributed by atoms with Gasteiger partial charge in [-0.2, -0.15) is 0 Å². The molecule has 4 nitrogen and oxygen atoms in total. The third-order valence-corrected chi connectivity index (χ3v) is 6.94. The highest BCUT2D eigenvalue weighted by Gasteiger charge is 2.19. The van der Waals surface area contributed by atoms with Gasteiger partial charge in [-0.25, -0.2) is 4.98 Å². The lowest BCUT2D eigenvalue weighted by molar-refractivity contribution is 0.0969. The van der Waals surface area contributed by atoms with Crippen molar-refractivity contribution < 1.29 is 4.79 Å². The van der Waals surface area contributed by atoms with E-state index in [9.17, 15) is 9.59 Å². The maximum absolute atomic E-state index is 13.5. The van der Waals surface area contributed by atoms with Gasteiger partial charge in [0, 0.05) is 27.8 Å². The number of carbonyl (C=O) groups excluding carboxylic acids is 1. The van der Waals surface area contributed by atoms with Gasteiger partial charge in [-0.15, -0.1) is 22.7 Å². The Balaban J connectivity index is 1.83. The third-order valence-electron chi connectivity index (χ3n) is 5.16. The van der Waals surface area contributed by atoms with Crippen LogP contribution in [0.3, 0.4) is 0 Å². The molecule has 0 spiro atoms. The Hall–Kier alpha value is -2.57. The van der Waals surface area contributed by atoms with Crippen molar-refractivity contribution in [3.8, 4) is 10.4 Å². The highest BCUT2D eigenvalue weighted by atomic mass is 32.1. The van der Waals surface area contributed by atoms with Gasteiger partial charge in [-0.05, 0) is 48.9 Å². The predicted octanol–water partition coefficient (Wildman–Crippen LogP) is 5.64. The molecule has 3 aromatic heterocycles. The van der Waals surface area contributed by atoms with Gasteiger partial charge in [0.15, 0.2) is 5.78 Å². The molecule has 0 radical (unpaired) electrons.